The van der Waals surface area contributed by atoms with E-state index in [2.05, 4.69) is 22.2 Å². The van der Waals surface area contributed by atoms with Gasteiger partial charge in [0, 0.05) is 24.3 Å². The highest BCUT2D eigenvalue weighted by Gasteiger charge is 1.97. The molecule has 1 atom stereocenters. The van der Waals surface area contributed by atoms with Crippen molar-refractivity contribution in [1.82, 2.24) is 9.97 Å². The lowest BCUT2D eigenvalue weighted by Crippen LogP contribution is -2.25. The zero-order valence-electron chi connectivity index (χ0n) is 8.12. The van der Waals surface area contributed by atoms with E-state index in [0.717, 1.165) is 24.5 Å². The van der Waals surface area contributed by atoms with Crippen LogP contribution in [0, 0.1) is 0 Å². The molecule has 4 nitrogen and oxygen atoms in total. The molecule has 0 radical (unpaired) electrons. The summed E-state index contributed by atoms with van der Waals surface area (Å²) in [5, 5.41) is 3.14. The molecule has 0 spiro atoms. The largest absolute Gasteiger partial charge is 0.368 e. The second-order valence-electron chi connectivity index (χ2n) is 3.11. The van der Waals surface area contributed by atoms with E-state index >= 15 is 0 Å². The molecule has 0 aliphatic carbocycles. The summed E-state index contributed by atoms with van der Waals surface area (Å²) >= 11 is 0. The molecule has 4 heteroatoms. The smallest absolute Gasteiger partial charge is 0.129 e. The van der Waals surface area contributed by atoms with Crippen LogP contribution in [0.5, 0.6) is 0 Å². The van der Waals surface area contributed by atoms with Crippen molar-refractivity contribution in [3.63, 3.8) is 0 Å². The molecule has 0 saturated heterocycles. The summed E-state index contributed by atoms with van der Waals surface area (Å²) in [4.78, 5) is 8.18. The van der Waals surface area contributed by atoms with Gasteiger partial charge in [0.05, 0.1) is 0 Å². The maximum Gasteiger partial charge on any atom is 0.129 e. The zero-order valence-corrected chi connectivity index (χ0v) is 8.12. The van der Waals surface area contributed by atoms with Crippen molar-refractivity contribution in [3.8, 4) is 0 Å². The number of hydrogen-bond acceptors (Lipinski definition) is 4. The van der Waals surface area contributed by atoms with Crippen LogP contribution in [0.15, 0.2) is 12.4 Å². The van der Waals surface area contributed by atoms with Crippen molar-refractivity contribution < 1.29 is 0 Å². The molecule has 1 unspecified atom stereocenters. The highest BCUT2D eigenvalue weighted by Crippen LogP contribution is 2.03. The van der Waals surface area contributed by atoms with Crippen LogP contribution in [0.2, 0.25) is 0 Å². The number of nitrogens with one attached hydrogen (secondary N) is 1. The van der Waals surface area contributed by atoms with Crippen LogP contribution in [0.4, 0.5) is 5.82 Å². The minimum atomic E-state index is 0.139. The number of anilines is 1. The summed E-state index contributed by atoms with van der Waals surface area (Å²) in [6.07, 6.45) is 2.50. The third-order valence-electron chi connectivity index (χ3n) is 1.69. The number of rotatable bonds is 4. The molecule has 0 saturated carbocycles. The Bertz CT molecular complexity index is 260. The average Bonchev–Trinajstić information content (AvgIpc) is 2.15. The van der Waals surface area contributed by atoms with E-state index in [9.17, 15) is 0 Å². The first kappa shape index (κ1) is 9.92. The fourth-order valence-electron chi connectivity index (χ4n) is 0.953. The van der Waals surface area contributed by atoms with Gasteiger partial charge in [-0.3, -0.25) is 0 Å². The zero-order chi connectivity index (χ0) is 9.68. The predicted octanol–water partition coefficient (Wildman–Crippen LogP) is 0.798. The predicted molar refractivity (Wildman–Crippen MR) is 53.5 cm³/mol. The van der Waals surface area contributed by atoms with Gasteiger partial charge in [-0.25, -0.2) is 9.97 Å². The Balaban J connectivity index is 2.56. The molecule has 1 heterocycles. The minimum Gasteiger partial charge on any atom is -0.368 e. The normalized spacial score (nSPS) is 12.5. The molecular weight excluding hydrogens is 164 g/mol. The fraction of sp³-hybridized carbons (Fsp3) is 0.556. The highest BCUT2D eigenvalue weighted by atomic mass is 15.0. The van der Waals surface area contributed by atoms with Gasteiger partial charge in [0.15, 0.2) is 0 Å². The van der Waals surface area contributed by atoms with Crippen molar-refractivity contribution in [3.05, 3.63) is 18.1 Å². The van der Waals surface area contributed by atoms with Crippen LogP contribution >= 0.6 is 0 Å². The van der Waals surface area contributed by atoms with Crippen LogP contribution in [-0.4, -0.2) is 22.6 Å². The molecule has 1 aromatic rings. The standard InChI is InChI=1S/C9H16N4/c1-3-8-4-9(13-6-12-8)11-5-7(2)10/h4,6-7H,3,5,10H2,1-2H3,(H,11,12,13). The molecule has 0 aliphatic rings. The van der Waals surface area contributed by atoms with Gasteiger partial charge in [0.2, 0.25) is 0 Å². The van der Waals surface area contributed by atoms with E-state index in [1.54, 1.807) is 6.33 Å². The lowest BCUT2D eigenvalue weighted by atomic mass is 10.3. The summed E-state index contributed by atoms with van der Waals surface area (Å²) in [6, 6.07) is 2.09. The first-order valence-electron chi connectivity index (χ1n) is 4.52. The second kappa shape index (κ2) is 4.77. The Hall–Kier alpha value is -1.16. The summed E-state index contributed by atoms with van der Waals surface area (Å²) < 4.78 is 0. The van der Waals surface area contributed by atoms with Gasteiger partial charge in [-0.1, -0.05) is 6.92 Å². The molecular formula is C9H16N4. The molecule has 0 fully saturated rings. The van der Waals surface area contributed by atoms with Gasteiger partial charge in [-0.2, -0.15) is 0 Å². The Morgan fingerprint density at radius 2 is 2.31 bits per heavy atom. The summed E-state index contributed by atoms with van der Waals surface area (Å²) in [5.41, 5.74) is 6.65. The van der Waals surface area contributed by atoms with Crippen molar-refractivity contribution in [2.45, 2.75) is 26.3 Å². The number of hydrogen-bond donors (Lipinski definition) is 2. The summed E-state index contributed by atoms with van der Waals surface area (Å²) in [5.74, 6) is 0.851. The lowest BCUT2D eigenvalue weighted by Gasteiger charge is -2.08. The van der Waals surface area contributed by atoms with Crippen LogP contribution in [-0.2, 0) is 6.42 Å². The fourth-order valence-corrected chi connectivity index (χ4v) is 0.953. The van der Waals surface area contributed by atoms with Crippen molar-refractivity contribution >= 4 is 5.82 Å². The molecule has 0 bridgehead atoms. The van der Waals surface area contributed by atoms with E-state index in [4.69, 9.17) is 5.73 Å². The quantitative estimate of drug-likeness (QED) is 0.719. The van der Waals surface area contributed by atoms with E-state index < -0.39 is 0 Å². The lowest BCUT2D eigenvalue weighted by molar-refractivity contribution is 0.776. The van der Waals surface area contributed by atoms with Crippen molar-refractivity contribution in [1.29, 1.82) is 0 Å². The monoisotopic (exact) mass is 180 g/mol. The molecule has 0 amide bonds. The Kier molecular flexibility index (Phi) is 3.64. The summed E-state index contributed by atoms with van der Waals surface area (Å²) in [7, 11) is 0. The maximum atomic E-state index is 5.60. The van der Waals surface area contributed by atoms with Crippen molar-refractivity contribution in [2.24, 2.45) is 5.73 Å². The van der Waals surface area contributed by atoms with E-state index in [-0.39, 0.29) is 6.04 Å². The maximum absolute atomic E-state index is 5.60. The van der Waals surface area contributed by atoms with Crippen LogP contribution < -0.4 is 11.1 Å². The third-order valence-corrected chi connectivity index (χ3v) is 1.69. The molecule has 3 N–H and O–H groups in total. The molecule has 72 valence electrons. The molecule has 0 aromatic carbocycles. The Morgan fingerprint density at radius 3 is 2.92 bits per heavy atom. The number of nitrogens with two attached hydrogens (primary N) is 1. The van der Waals surface area contributed by atoms with Gasteiger partial charge in [-0.05, 0) is 13.3 Å². The van der Waals surface area contributed by atoms with Gasteiger partial charge >= 0.3 is 0 Å². The molecule has 1 aromatic heterocycles. The first-order valence-corrected chi connectivity index (χ1v) is 4.52. The van der Waals surface area contributed by atoms with E-state index in [0.29, 0.717) is 0 Å². The van der Waals surface area contributed by atoms with Gasteiger partial charge < -0.3 is 11.1 Å². The minimum absolute atomic E-state index is 0.139. The van der Waals surface area contributed by atoms with Gasteiger partial charge in [0.1, 0.15) is 12.1 Å². The van der Waals surface area contributed by atoms with Gasteiger partial charge in [-0.15, -0.1) is 0 Å². The Morgan fingerprint density at radius 1 is 1.54 bits per heavy atom. The van der Waals surface area contributed by atoms with Crippen LogP contribution in [0.3, 0.4) is 0 Å². The van der Waals surface area contributed by atoms with Gasteiger partial charge in [0.25, 0.3) is 0 Å². The highest BCUT2D eigenvalue weighted by molar-refractivity contribution is 5.34. The second-order valence-corrected chi connectivity index (χ2v) is 3.11. The SMILES string of the molecule is CCc1cc(NCC(C)N)ncn1. The molecule has 13 heavy (non-hydrogen) atoms. The Labute approximate surface area is 78.6 Å². The number of nitrogens with zero attached hydrogens (tertiary/aromatic N) is 2. The topological polar surface area (TPSA) is 63.8 Å². The van der Waals surface area contributed by atoms with Crippen molar-refractivity contribution in [2.75, 3.05) is 11.9 Å². The molecule has 0 aliphatic heterocycles. The molecule has 1 rings (SSSR count). The third kappa shape index (κ3) is 3.38. The summed E-state index contributed by atoms with van der Waals surface area (Å²) in [6.45, 7) is 4.76. The average molecular weight is 180 g/mol. The van der Waals surface area contributed by atoms with E-state index in [1.165, 1.54) is 0 Å². The van der Waals surface area contributed by atoms with Crippen LogP contribution in [0.1, 0.15) is 19.5 Å². The van der Waals surface area contributed by atoms with E-state index in [1.807, 2.05) is 13.0 Å². The number of aromatic nitrogens is 2. The number of aryl methyl sites for hydroxylation is 1. The first-order chi connectivity index (χ1) is 6.22. The van der Waals surface area contributed by atoms with Crippen LogP contribution in [0.25, 0.3) is 0 Å².